The number of anilines is 1. The van der Waals surface area contributed by atoms with Crippen LogP contribution in [0.4, 0.5) is 14.9 Å². The van der Waals surface area contributed by atoms with Gasteiger partial charge in [0.15, 0.2) is 5.06 Å². The summed E-state index contributed by atoms with van der Waals surface area (Å²) in [4.78, 5) is 23.9. The molecule has 0 saturated carbocycles. The first-order valence-corrected chi connectivity index (χ1v) is 10.1. The highest BCUT2D eigenvalue weighted by Gasteiger charge is 2.12. The number of nitrogens with zero attached hydrogens (tertiary/aromatic N) is 1. The number of aliphatic hydroxyl groups excluding tert-OH is 1. The molecule has 3 rings (SSSR count). The van der Waals surface area contributed by atoms with Gasteiger partial charge in [0.05, 0.1) is 16.1 Å². The highest BCUT2D eigenvalue weighted by atomic mass is 35.5. The zero-order valence-electron chi connectivity index (χ0n) is 15.9. The molecule has 2 heterocycles. The van der Waals surface area contributed by atoms with Crippen LogP contribution in [-0.4, -0.2) is 35.0 Å². The topological polar surface area (TPSA) is 92.6 Å². The van der Waals surface area contributed by atoms with Crippen molar-refractivity contribution in [2.75, 3.05) is 18.4 Å². The molecule has 1 aromatic carbocycles. The average Bonchev–Trinajstić information content (AvgIpc) is 3.12. The van der Waals surface area contributed by atoms with Crippen molar-refractivity contribution in [2.45, 2.75) is 6.10 Å². The highest BCUT2D eigenvalue weighted by Crippen LogP contribution is 2.28. The van der Waals surface area contributed by atoms with Crippen LogP contribution in [0.25, 0.3) is 11.1 Å². The van der Waals surface area contributed by atoms with Crippen molar-refractivity contribution in [3.8, 4) is 16.2 Å². The van der Waals surface area contributed by atoms with Crippen molar-refractivity contribution in [3.05, 3.63) is 69.2 Å². The SMILES string of the molecule is Cn1cccc(-c2ccc(NC[C@@H](O)CNC(=O)Oc3ccc(Cl)s3)c(F)c2)c1=O. The third kappa shape index (κ3) is 5.59. The maximum atomic E-state index is 14.4. The third-order valence-corrected chi connectivity index (χ3v) is 5.26. The van der Waals surface area contributed by atoms with E-state index in [2.05, 4.69) is 10.6 Å². The summed E-state index contributed by atoms with van der Waals surface area (Å²) in [5, 5.41) is 15.5. The van der Waals surface area contributed by atoms with Gasteiger partial charge in [-0.05, 0) is 42.0 Å². The normalized spacial score (nSPS) is 11.7. The number of aromatic nitrogens is 1. The number of aryl methyl sites for hydroxylation is 1. The van der Waals surface area contributed by atoms with E-state index >= 15 is 0 Å². The van der Waals surface area contributed by atoms with Crippen LogP contribution in [-0.2, 0) is 7.05 Å². The minimum atomic E-state index is -0.982. The van der Waals surface area contributed by atoms with Crippen LogP contribution in [0, 0.1) is 5.82 Å². The van der Waals surface area contributed by atoms with Gasteiger partial charge in [0, 0.05) is 31.9 Å². The number of thiophene rings is 1. The molecular weight excluding hydrogens is 433 g/mol. The molecule has 0 spiro atoms. The number of ether oxygens (including phenoxy) is 1. The van der Waals surface area contributed by atoms with Crippen molar-refractivity contribution in [1.29, 1.82) is 0 Å². The highest BCUT2D eigenvalue weighted by molar-refractivity contribution is 7.17. The Morgan fingerprint density at radius 1 is 1.30 bits per heavy atom. The van der Waals surface area contributed by atoms with Crippen LogP contribution >= 0.6 is 22.9 Å². The van der Waals surface area contributed by atoms with Crippen LogP contribution in [0.3, 0.4) is 0 Å². The first-order chi connectivity index (χ1) is 14.3. The maximum absolute atomic E-state index is 14.4. The Kier molecular flexibility index (Phi) is 7.09. The summed E-state index contributed by atoms with van der Waals surface area (Å²) in [6, 6.07) is 10.9. The Bertz CT molecular complexity index is 1100. The van der Waals surface area contributed by atoms with Gasteiger partial charge < -0.3 is 25.0 Å². The number of carbonyl (C=O) groups excluding carboxylic acids is 1. The standard InChI is InChI=1S/C20H19ClFN3O4S/c1-25-8-2-3-14(19(25)27)12-4-5-16(15(22)9-12)23-10-13(26)11-24-20(28)29-18-7-6-17(21)30-18/h2-9,13,23,26H,10-11H2,1H3,(H,24,28)/t13-/m1/s1. The monoisotopic (exact) mass is 451 g/mol. The van der Waals surface area contributed by atoms with Crippen molar-refractivity contribution < 1.29 is 19.0 Å². The van der Waals surface area contributed by atoms with E-state index in [1.165, 1.54) is 16.7 Å². The molecule has 0 bridgehead atoms. The van der Waals surface area contributed by atoms with Gasteiger partial charge in [0.1, 0.15) is 5.82 Å². The van der Waals surface area contributed by atoms with E-state index in [1.54, 1.807) is 43.6 Å². The molecule has 1 amide bonds. The first kappa shape index (κ1) is 21.8. The van der Waals surface area contributed by atoms with Crippen LogP contribution in [0.1, 0.15) is 0 Å². The van der Waals surface area contributed by atoms with Crippen molar-refractivity contribution in [3.63, 3.8) is 0 Å². The number of amides is 1. The lowest BCUT2D eigenvalue weighted by Gasteiger charge is -2.14. The molecule has 3 aromatic rings. The lowest BCUT2D eigenvalue weighted by molar-refractivity contribution is 0.168. The van der Waals surface area contributed by atoms with Gasteiger partial charge in [0.2, 0.25) is 0 Å². The second-order valence-electron chi connectivity index (χ2n) is 6.40. The fraction of sp³-hybridized carbons (Fsp3) is 0.200. The Hall–Kier alpha value is -2.88. The minimum absolute atomic E-state index is 0.00548. The summed E-state index contributed by atoms with van der Waals surface area (Å²) < 4.78 is 21.3. The fourth-order valence-electron chi connectivity index (χ4n) is 2.62. The molecule has 2 aromatic heterocycles. The molecule has 3 N–H and O–H groups in total. The number of benzene rings is 1. The van der Waals surface area contributed by atoms with E-state index in [0.717, 1.165) is 11.3 Å². The van der Waals surface area contributed by atoms with E-state index < -0.39 is 18.0 Å². The van der Waals surface area contributed by atoms with Gasteiger partial charge in [-0.15, -0.1) is 0 Å². The van der Waals surface area contributed by atoms with Gasteiger partial charge in [-0.2, -0.15) is 0 Å². The van der Waals surface area contributed by atoms with Gasteiger partial charge in [0.25, 0.3) is 5.56 Å². The second-order valence-corrected chi connectivity index (χ2v) is 8.07. The molecule has 0 saturated heterocycles. The van der Waals surface area contributed by atoms with Crippen LogP contribution in [0.2, 0.25) is 4.34 Å². The molecule has 30 heavy (non-hydrogen) atoms. The summed E-state index contributed by atoms with van der Waals surface area (Å²) in [6.45, 7) is -0.0980. The second kappa shape index (κ2) is 9.75. The number of pyridine rings is 1. The van der Waals surface area contributed by atoms with Crippen molar-refractivity contribution in [2.24, 2.45) is 7.05 Å². The number of hydrogen-bond donors (Lipinski definition) is 3. The predicted octanol–water partition coefficient (Wildman–Crippen LogP) is 3.47. The maximum Gasteiger partial charge on any atom is 0.413 e. The smallest absolute Gasteiger partial charge is 0.399 e. The molecule has 0 radical (unpaired) electrons. The number of halogens is 2. The van der Waals surface area contributed by atoms with Crippen molar-refractivity contribution in [1.82, 2.24) is 9.88 Å². The Labute approximate surface area is 180 Å². The van der Waals surface area contributed by atoms with Crippen LogP contribution in [0.15, 0.2) is 53.5 Å². The van der Waals surface area contributed by atoms with E-state index in [4.69, 9.17) is 16.3 Å². The quantitative estimate of drug-likeness (QED) is 0.511. The first-order valence-electron chi connectivity index (χ1n) is 8.92. The van der Waals surface area contributed by atoms with Gasteiger partial charge in [-0.25, -0.2) is 9.18 Å². The zero-order chi connectivity index (χ0) is 21.7. The molecule has 0 aliphatic carbocycles. The van der Waals surface area contributed by atoms with Crippen molar-refractivity contribution >= 4 is 34.7 Å². The number of nitrogens with one attached hydrogen (secondary N) is 2. The third-order valence-electron chi connectivity index (χ3n) is 4.16. The molecule has 0 aliphatic rings. The molecule has 158 valence electrons. The fourth-order valence-corrected chi connectivity index (χ4v) is 3.50. The zero-order valence-corrected chi connectivity index (χ0v) is 17.5. The molecular formula is C20H19ClFN3O4S. The largest absolute Gasteiger partial charge is 0.413 e. The molecule has 0 aliphatic heterocycles. The van der Waals surface area contributed by atoms with Crippen LogP contribution < -0.4 is 20.9 Å². The number of aliphatic hydroxyl groups is 1. The van der Waals surface area contributed by atoms with Gasteiger partial charge >= 0.3 is 6.09 Å². The molecule has 10 heteroatoms. The van der Waals surface area contributed by atoms with E-state index in [9.17, 15) is 19.1 Å². The summed E-state index contributed by atoms with van der Waals surface area (Å²) in [7, 11) is 1.62. The summed E-state index contributed by atoms with van der Waals surface area (Å²) in [6.07, 6.45) is -0.0867. The Morgan fingerprint density at radius 2 is 2.10 bits per heavy atom. The minimum Gasteiger partial charge on any atom is -0.399 e. The lowest BCUT2D eigenvalue weighted by Crippen LogP contribution is -2.37. The molecule has 0 unspecified atom stereocenters. The molecule has 0 fully saturated rings. The number of carbonyl (C=O) groups is 1. The lowest BCUT2D eigenvalue weighted by atomic mass is 10.1. The van der Waals surface area contributed by atoms with Gasteiger partial charge in [-0.3, -0.25) is 4.79 Å². The van der Waals surface area contributed by atoms with Gasteiger partial charge in [-0.1, -0.05) is 29.0 Å². The summed E-state index contributed by atoms with van der Waals surface area (Å²) in [5.41, 5.74) is 0.787. The molecule has 7 nitrogen and oxygen atoms in total. The Morgan fingerprint density at radius 3 is 2.80 bits per heavy atom. The average molecular weight is 452 g/mol. The number of hydrogen-bond acceptors (Lipinski definition) is 6. The number of rotatable bonds is 7. The van der Waals surface area contributed by atoms with E-state index in [-0.39, 0.29) is 24.3 Å². The predicted molar refractivity (Wildman–Crippen MR) is 115 cm³/mol. The van der Waals surface area contributed by atoms with Crippen LogP contribution in [0.5, 0.6) is 5.06 Å². The summed E-state index contributed by atoms with van der Waals surface area (Å²) >= 11 is 6.86. The van der Waals surface area contributed by atoms with E-state index in [1.807, 2.05) is 0 Å². The Balaban J connectivity index is 1.52. The van der Waals surface area contributed by atoms with E-state index in [0.29, 0.717) is 20.5 Å². The summed E-state index contributed by atoms with van der Waals surface area (Å²) in [5.74, 6) is -0.562. The molecule has 1 atom stereocenters.